The molecule has 9 heteroatoms. The number of anilines is 1. The quantitative estimate of drug-likeness (QED) is 0.198. The normalized spacial score (nSPS) is 14.3. The van der Waals surface area contributed by atoms with Crippen molar-refractivity contribution in [1.29, 1.82) is 0 Å². The van der Waals surface area contributed by atoms with E-state index in [1.54, 1.807) is 31.5 Å². The molecule has 0 saturated heterocycles. The van der Waals surface area contributed by atoms with Crippen LogP contribution in [0.1, 0.15) is 18.1 Å². The number of rotatable bonds is 9. The molecular formula is C28H26N4O5. The Labute approximate surface area is 213 Å². The van der Waals surface area contributed by atoms with Gasteiger partial charge in [-0.1, -0.05) is 0 Å². The Bertz CT molecular complexity index is 1510. The van der Waals surface area contributed by atoms with Crippen molar-refractivity contribution in [2.75, 3.05) is 18.5 Å². The summed E-state index contributed by atoms with van der Waals surface area (Å²) in [7, 11) is 0. The first-order valence-electron chi connectivity index (χ1n) is 11.9. The molecule has 9 nitrogen and oxygen atoms in total. The lowest BCUT2D eigenvalue weighted by Crippen LogP contribution is -2.16. The minimum atomic E-state index is -0.749. The highest BCUT2D eigenvalue weighted by Crippen LogP contribution is 2.32. The summed E-state index contributed by atoms with van der Waals surface area (Å²) >= 11 is 0. The zero-order chi connectivity index (χ0) is 25.8. The van der Waals surface area contributed by atoms with Gasteiger partial charge in [0.15, 0.2) is 11.3 Å². The number of nitrogens with zero attached hydrogens (tertiary/aromatic N) is 2. The Morgan fingerprint density at radius 1 is 1.22 bits per heavy atom. The molecule has 2 N–H and O–H groups in total. The highest BCUT2D eigenvalue weighted by atomic mass is 16.5. The number of benzene rings is 1. The van der Waals surface area contributed by atoms with Crippen LogP contribution < -0.4 is 10.1 Å². The van der Waals surface area contributed by atoms with Gasteiger partial charge in [0.1, 0.15) is 18.0 Å². The second kappa shape index (κ2) is 10.4. The number of hydrogen-bond acceptors (Lipinski definition) is 7. The van der Waals surface area contributed by atoms with Crippen molar-refractivity contribution in [3.05, 3.63) is 95.6 Å². The minimum Gasteiger partial charge on any atom is -0.492 e. The number of ether oxygens (including phenoxy) is 3. The smallest absolute Gasteiger partial charge is 0.347 e. The van der Waals surface area contributed by atoms with Crippen molar-refractivity contribution in [2.45, 2.75) is 20.4 Å². The van der Waals surface area contributed by atoms with Gasteiger partial charge in [0.2, 0.25) is 11.7 Å². The third-order valence-electron chi connectivity index (χ3n) is 5.87. The molecule has 3 aromatic heterocycles. The molecule has 0 amide bonds. The monoisotopic (exact) mass is 498 g/mol. The maximum Gasteiger partial charge on any atom is 0.347 e. The highest BCUT2D eigenvalue weighted by Gasteiger charge is 2.37. The summed E-state index contributed by atoms with van der Waals surface area (Å²) in [5.74, 6) is -0.551. The van der Waals surface area contributed by atoms with E-state index in [2.05, 4.69) is 15.3 Å². The molecule has 5 rings (SSSR count). The van der Waals surface area contributed by atoms with Gasteiger partial charge in [-0.25, -0.2) is 9.78 Å². The number of allylic oxidation sites excluding steroid dienone is 1. The van der Waals surface area contributed by atoms with Gasteiger partial charge in [0, 0.05) is 41.4 Å². The van der Waals surface area contributed by atoms with Crippen LogP contribution in [0.5, 0.6) is 5.75 Å². The summed E-state index contributed by atoms with van der Waals surface area (Å²) in [6.07, 6.45) is 8.96. The number of Topliss-reactive ketones (excluding diaryl/α,β-unsaturated/α-hetero) is 1. The van der Waals surface area contributed by atoms with Crippen LogP contribution in [0.2, 0.25) is 0 Å². The molecule has 1 aliphatic heterocycles. The van der Waals surface area contributed by atoms with E-state index in [0.29, 0.717) is 29.3 Å². The van der Waals surface area contributed by atoms with E-state index in [1.807, 2.05) is 60.3 Å². The van der Waals surface area contributed by atoms with Gasteiger partial charge in [0.05, 0.1) is 13.2 Å². The average molecular weight is 499 g/mol. The lowest BCUT2D eigenvalue weighted by molar-refractivity contribution is -0.139. The third kappa shape index (κ3) is 5.11. The number of aromatic amines is 1. The number of H-pyrrole nitrogens is 1. The fraction of sp³-hybridized carbons (Fsp3) is 0.179. The maximum atomic E-state index is 13.2. The molecule has 0 fully saturated rings. The molecule has 0 unspecified atom stereocenters. The molecule has 0 atom stereocenters. The van der Waals surface area contributed by atoms with Gasteiger partial charge in [0.25, 0.3) is 0 Å². The molecule has 37 heavy (non-hydrogen) atoms. The van der Waals surface area contributed by atoms with E-state index in [9.17, 15) is 9.59 Å². The molecule has 0 radical (unpaired) electrons. The van der Waals surface area contributed by atoms with Crippen LogP contribution in [0.25, 0.3) is 17.1 Å². The van der Waals surface area contributed by atoms with Crippen LogP contribution in [0.3, 0.4) is 0 Å². The summed E-state index contributed by atoms with van der Waals surface area (Å²) in [6, 6.07) is 13.2. The third-order valence-corrected chi connectivity index (χ3v) is 5.87. The number of ketones is 1. The predicted octanol–water partition coefficient (Wildman–Crippen LogP) is 4.58. The summed E-state index contributed by atoms with van der Waals surface area (Å²) in [4.78, 5) is 33.2. The van der Waals surface area contributed by atoms with Crippen molar-refractivity contribution in [3.63, 3.8) is 0 Å². The highest BCUT2D eigenvalue weighted by molar-refractivity contribution is 6.26. The molecule has 1 aromatic carbocycles. The molecule has 1 aliphatic rings. The fourth-order valence-electron chi connectivity index (χ4n) is 4.02. The van der Waals surface area contributed by atoms with Gasteiger partial charge in [-0.15, -0.1) is 0 Å². The Balaban J connectivity index is 1.36. The fourth-order valence-corrected chi connectivity index (χ4v) is 4.02. The lowest BCUT2D eigenvalue weighted by atomic mass is 10.1. The molecule has 4 aromatic rings. The summed E-state index contributed by atoms with van der Waals surface area (Å²) < 4.78 is 18.9. The molecule has 188 valence electrons. The van der Waals surface area contributed by atoms with E-state index in [1.165, 1.54) is 0 Å². The number of carbonyl (C=O) groups is 2. The van der Waals surface area contributed by atoms with E-state index in [0.717, 1.165) is 17.5 Å². The van der Waals surface area contributed by atoms with Crippen molar-refractivity contribution < 1.29 is 23.8 Å². The van der Waals surface area contributed by atoms with Crippen molar-refractivity contribution >= 4 is 34.5 Å². The number of carbonyl (C=O) groups excluding carboxylic acids is 2. The molecule has 0 spiro atoms. The van der Waals surface area contributed by atoms with Crippen LogP contribution in [-0.4, -0.2) is 39.5 Å². The van der Waals surface area contributed by atoms with Gasteiger partial charge >= 0.3 is 5.97 Å². The largest absolute Gasteiger partial charge is 0.492 e. The first-order chi connectivity index (χ1) is 18.0. The van der Waals surface area contributed by atoms with Crippen LogP contribution >= 0.6 is 0 Å². The summed E-state index contributed by atoms with van der Waals surface area (Å²) in [5.41, 5.74) is 2.74. The van der Waals surface area contributed by atoms with Gasteiger partial charge in [-0.2, -0.15) is 0 Å². The molecule has 4 heterocycles. The number of aromatic nitrogens is 3. The Morgan fingerprint density at radius 3 is 2.84 bits per heavy atom. The second-order valence-electron chi connectivity index (χ2n) is 8.38. The predicted molar refractivity (Wildman–Crippen MR) is 139 cm³/mol. The first-order valence-corrected chi connectivity index (χ1v) is 11.9. The second-order valence-corrected chi connectivity index (χ2v) is 8.38. The van der Waals surface area contributed by atoms with Crippen molar-refractivity contribution in [2.24, 2.45) is 0 Å². The number of nitrogens with one attached hydrogen (secondary N) is 2. The minimum absolute atomic E-state index is 0.0120. The zero-order valence-electron chi connectivity index (χ0n) is 20.5. The van der Waals surface area contributed by atoms with Crippen LogP contribution in [0.15, 0.2) is 84.5 Å². The lowest BCUT2D eigenvalue weighted by Gasteiger charge is -2.13. The van der Waals surface area contributed by atoms with Crippen LogP contribution in [0, 0.1) is 6.92 Å². The molecule has 0 bridgehead atoms. The van der Waals surface area contributed by atoms with E-state index in [-0.39, 0.29) is 23.8 Å². The number of fused-ring (bicyclic) bond motifs is 1. The molecule has 0 saturated carbocycles. The van der Waals surface area contributed by atoms with Gasteiger partial charge < -0.3 is 29.1 Å². The number of aryl methyl sites for hydroxylation is 1. The van der Waals surface area contributed by atoms with Gasteiger partial charge in [-0.05, 0) is 68.0 Å². The Kier molecular flexibility index (Phi) is 6.76. The van der Waals surface area contributed by atoms with Crippen molar-refractivity contribution in [3.8, 4) is 5.75 Å². The van der Waals surface area contributed by atoms with Crippen LogP contribution in [0.4, 0.5) is 5.69 Å². The SMILES string of the molecule is CCOC(=O)C1=C(Nc2ccc(OCCn3cccc3)cc2C)O/C(=C\c2c[nH]c3ncccc23)C1=O. The standard InChI is InChI=1S/C28H26N4O5/c1-3-35-28(34)24-25(33)23(16-19-17-30-26-21(19)7-6-10-29-26)37-27(24)31-22-9-8-20(15-18(22)2)36-14-13-32-11-4-5-12-32/h4-12,15-17,31H,3,13-14H2,1-2H3,(H,29,30)/b23-16-. The Hall–Kier alpha value is -4.79. The summed E-state index contributed by atoms with van der Waals surface area (Å²) in [5, 5.41) is 3.92. The number of pyridine rings is 1. The van der Waals surface area contributed by atoms with Crippen LogP contribution in [-0.2, 0) is 25.6 Å². The molecular weight excluding hydrogens is 472 g/mol. The van der Waals surface area contributed by atoms with E-state index < -0.39 is 11.8 Å². The summed E-state index contributed by atoms with van der Waals surface area (Å²) in [6.45, 7) is 4.97. The number of esters is 1. The first kappa shape index (κ1) is 23.9. The van der Waals surface area contributed by atoms with Crippen molar-refractivity contribution in [1.82, 2.24) is 14.5 Å². The van der Waals surface area contributed by atoms with E-state index >= 15 is 0 Å². The zero-order valence-corrected chi connectivity index (χ0v) is 20.5. The molecule has 0 aliphatic carbocycles. The maximum absolute atomic E-state index is 13.2. The number of hydrogen-bond donors (Lipinski definition) is 2. The topological polar surface area (TPSA) is 107 Å². The average Bonchev–Trinajstić information content (AvgIpc) is 3.62. The van der Waals surface area contributed by atoms with E-state index in [4.69, 9.17) is 14.2 Å². The Morgan fingerprint density at radius 2 is 2.05 bits per heavy atom. The van der Waals surface area contributed by atoms with Gasteiger partial charge in [-0.3, -0.25) is 4.79 Å².